The van der Waals surface area contributed by atoms with E-state index in [0.717, 1.165) is 36.8 Å². The van der Waals surface area contributed by atoms with Gasteiger partial charge in [0.15, 0.2) is 0 Å². The van der Waals surface area contributed by atoms with E-state index in [4.69, 9.17) is 4.74 Å². The van der Waals surface area contributed by atoms with E-state index in [2.05, 4.69) is 12.2 Å². The molecule has 2 aromatic rings. The van der Waals surface area contributed by atoms with E-state index in [1.54, 1.807) is 13.0 Å². The first-order chi connectivity index (χ1) is 13.1. The van der Waals surface area contributed by atoms with Crippen LogP contribution in [0.15, 0.2) is 36.4 Å². The Morgan fingerprint density at radius 2 is 2.04 bits per heavy atom. The maximum absolute atomic E-state index is 12.5. The summed E-state index contributed by atoms with van der Waals surface area (Å²) in [7, 11) is 0. The van der Waals surface area contributed by atoms with Gasteiger partial charge in [0, 0.05) is 11.0 Å². The molecule has 1 unspecified atom stereocenters. The van der Waals surface area contributed by atoms with Gasteiger partial charge >= 0.3 is 5.97 Å². The number of amides is 1. The van der Waals surface area contributed by atoms with Crippen molar-refractivity contribution >= 4 is 34.3 Å². The topological polar surface area (TPSA) is 55.4 Å². The zero-order valence-electron chi connectivity index (χ0n) is 15.8. The van der Waals surface area contributed by atoms with Gasteiger partial charge in [-0.25, -0.2) is 4.79 Å². The highest BCUT2D eigenvalue weighted by Crippen LogP contribution is 2.40. The third-order valence-electron chi connectivity index (χ3n) is 4.89. The van der Waals surface area contributed by atoms with Crippen LogP contribution in [0.2, 0.25) is 0 Å². The number of fused-ring (bicyclic) bond motifs is 1. The van der Waals surface area contributed by atoms with Gasteiger partial charge in [0.1, 0.15) is 5.00 Å². The Bertz CT molecular complexity index is 839. The minimum Gasteiger partial charge on any atom is -0.462 e. The summed E-state index contributed by atoms with van der Waals surface area (Å²) in [5, 5.41) is 3.51. The molecule has 0 saturated carbocycles. The first-order valence-corrected chi connectivity index (χ1v) is 10.3. The van der Waals surface area contributed by atoms with Gasteiger partial charge in [0.25, 0.3) is 0 Å². The number of thiophene rings is 1. The highest BCUT2D eigenvalue weighted by molar-refractivity contribution is 7.17. The molecule has 27 heavy (non-hydrogen) atoms. The van der Waals surface area contributed by atoms with Gasteiger partial charge in [-0.2, -0.15) is 0 Å². The molecule has 1 aromatic carbocycles. The van der Waals surface area contributed by atoms with Crippen molar-refractivity contribution in [3.63, 3.8) is 0 Å². The number of carbonyl (C=O) groups is 2. The van der Waals surface area contributed by atoms with E-state index >= 15 is 0 Å². The van der Waals surface area contributed by atoms with Crippen molar-refractivity contribution in [3.8, 4) is 0 Å². The van der Waals surface area contributed by atoms with Crippen molar-refractivity contribution in [2.45, 2.75) is 39.5 Å². The molecule has 3 rings (SSSR count). The maximum Gasteiger partial charge on any atom is 0.341 e. The van der Waals surface area contributed by atoms with Crippen molar-refractivity contribution in [1.82, 2.24) is 0 Å². The summed E-state index contributed by atoms with van der Waals surface area (Å²) in [6.07, 6.45) is 7.31. The van der Waals surface area contributed by atoms with Crippen LogP contribution in [-0.2, 0) is 22.4 Å². The first kappa shape index (κ1) is 19.4. The SMILES string of the molecule is CCOC(=O)c1c(NC(=O)/C=C/c2ccccc2)sc2c1CCC(CC)C2. The molecule has 1 aliphatic rings. The minimum absolute atomic E-state index is 0.241. The van der Waals surface area contributed by atoms with Crippen LogP contribution < -0.4 is 5.32 Å². The van der Waals surface area contributed by atoms with Gasteiger partial charge in [0.05, 0.1) is 12.2 Å². The van der Waals surface area contributed by atoms with E-state index in [-0.39, 0.29) is 11.9 Å². The highest BCUT2D eigenvalue weighted by atomic mass is 32.1. The molecule has 0 aliphatic heterocycles. The molecule has 1 atom stereocenters. The molecule has 1 aliphatic carbocycles. The van der Waals surface area contributed by atoms with Gasteiger partial charge in [-0.05, 0) is 49.3 Å². The fraction of sp³-hybridized carbons (Fsp3) is 0.364. The smallest absolute Gasteiger partial charge is 0.341 e. The first-order valence-electron chi connectivity index (χ1n) is 9.48. The van der Waals surface area contributed by atoms with Crippen molar-refractivity contribution in [3.05, 3.63) is 58.0 Å². The summed E-state index contributed by atoms with van der Waals surface area (Å²) in [6, 6.07) is 9.65. The standard InChI is InChI=1S/C22H25NO3S/c1-3-15-10-12-17-18(14-15)27-21(20(17)22(25)26-4-2)23-19(24)13-11-16-8-6-5-7-9-16/h5-9,11,13,15H,3-4,10,12,14H2,1-2H3,(H,23,24)/b13-11+. The quantitative estimate of drug-likeness (QED) is 0.558. The molecule has 0 fully saturated rings. The fourth-order valence-corrected chi connectivity index (χ4v) is 4.75. The van der Waals surface area contributed by atoms with Gasteiger partial charge in [-0.15, -0.1) is 11.3 Å². The Morgan fingerprint density at radius 1 is 1.26 bits per heavy atom. The van der Waals surface area contributed by atoms with E-state index in [9.17, 15) is 9.59 Å². The molecule has 142 valence electrons. The van der Waals surface area contributed by atoms with Gasteiger partial charge in [-0.1, -0.05) is 43.7 Å². The molecular formula is C22H25NO3S. The van der Waals surface area contributed by atoms with Crippen LogP contribution in [0.3, 0.4) is 0 Å². The molecule has 0 saturated heterocycles. The second kappa shape index (κ2) is 9.00. The Labute approximate surface area is 164 Å². The molecule has 5 heteroatoms. The fourth-order valence-electron chi connectivity index (χ4n) is 3.40. The largest absolute Gasteiger partial charge is 0.462 e. The van der Waals surface area contributed by atoms with Crippen molar-refractivity contribution in [1.29, 1.82) is 0 Å². The molecule has 1 heterocycles. The average molecular weight is 384 g/mol. The van der Waals surface area contributed by atoms with E-state index in [1.807, 2.05) is 30.3 Å². The third-order valence-corrected chi connectivity index (χ3v) is 6.06. The lowest BCUT2D eigenvalue weighted by atomic mass is 9.85. The molecule has 1 amide bonds. The zero-order chi connectivity index (χ0) is 19.2. The number of nitrogens with one attached hydrogen (secondary N) is 1. The van der Waals surface area contributed by atoms with Crippen LogP contribution >= 0.6 is 11.3 Å². The lowest BCUT2D eigenvalue weighted by Crippen LogP contribution is -2.16. The predicted octanol–water partition coefficient (Wildman–Crippen LogP) is 5.09. The van der Waals surface area contributed by atoms with E-state index < -0.39 is 0 Å². The lowest BCUT2D eigenvalue weighted by molar-refractivity contribution is -0.111. The van der Waals surface area contributed by atoms with Crippen LogP contribution in [0.4, 0.5) is 5.00 Å². The summed E-state index contributed by atoms with van der Waals surface area (Å²) >= 11 is 1.52. The molecular weight excluding hydrogens is 358 g/mol. The summed E-state index contributed by atoms with van der Waals surface area (Å²) < 4.78 is 5.26. The van der Waals surface area contributed by atoms with Gasteiger partial charge in [-0.3, -0.25) is 4.79 Å². The number of carbonyl (C=O) groups excluding carboxylic acids is 2. The number of esters is 1. The number of benzene rings is 1. The molecule has 1 N–H and O–H groups in total. The second-order valence-electron chi connectivity index (χ2n) is 6.68. The Morgan fingerprint density at radius 3 is 2.74 bits per heavy atom. The average Bonchev–Trinajstić information content (AvgIpc) is 3.04. The lowest BCUT2D eigenvalue weighted by Gasteiger charge is -2.20. The molecule has 0 spiro atoms. The summed E-state index contributed by atoms with van der Waals surface area (Å²) in [5.74, 6) is 0.0649. The third kappa shape index (κ3) is 4.66. The van der Waals surface area contributed by atoms with Crippen LogP contribution in [0, 0.1) is 5.92 Å². The van der Waals surface area contributed by atoms with Gasteiger partial charge in [0.2, 0.25) is 5.91 Å². The summed E-state index contributed by atoms with van der Waals surface area (Å²) in [6.45, 7) is 4.32. The van der Waals surface area contributed by atoms with Crippen molar-refractivity contribution in [2.75, 3.05) is 11.9 Å². The molecule has 0 radical (unpaired) electrons. The minimum atomic E-state index is -0.340. The van der Waals surface area contributed by atoms with Crippen LogP contribution in [-0.4, -0.2) is 18.5 Å². The van der Waals surface area contributed by atoms with Crippen LogP contribution in [0.5, 0.6) is 0 Å². The number of ether oxygens (including phenoxy) is 1. The summed E-state index contributed by atoms with van der Waals surface area (Å²) in [5.41, 5.74) is 2.56. The number of hydrogen-bond acceptors (Lipinski definition) is 4. The van der Waals surface area contributed by atoms with Crippen LogP contribution in [0.1, 0.15) is 53.1 Å². The highest BCUT2D eigenvalue weighted by Gasteiger charge is 2.29. The Kier molecular flexibility index (Phi) is 6.45. The number of hydrogen-bond donors (Lipinski definition) is 1. The molecule has 1 aromatic heterocycles. The van der Waals surface area contributed by atoms with Crippen molar-refractivity contribution in [2.24, 2.45) is 5.92 Å². The maximum atomic E-state index is 12.5. The number of rotatable bonds is 6. The summed E-state index contributed by atoms with van der Waals surface area (Å²) in [4.78, 5) is 26.1. The molecule has 4 nitrogen and oxygen atoms in total. The molecule has 0 bridgehead atoms. The Balaban J connectivity index is 1.83. The Hall–Kier alpha value is -2.40. The van der Waals surface area contributed by atoms with Crippen molar-refractivity contribution < 1.29 is 14.3 Å². The zero-order valence-corrected chi connectivity index (χ0v) is 16.6. The van der Waals surface area contributed by atoms with Crippen LogP contribution in [0.25, 0.3) is 6.08 Å². The van der Waals surface area contributed by atoms with E-state index in [1.165, 1.54) is 22.3 Å². The van der Waals surface area contributed by atoms with E-state index in [0.29, 0.717) is 23.1 Å². The number of anilines is 1. The normalized spacial score (nSPS) is 16.1. The van der Waals surface area contributed by atoms with Gasteiger partial charge < -0.3 is 10.1 Å². The predicted molar refractivity (Wildman–Crippen MR) is 110 cm³/mol. The second-order valence-corrected chi connectivity index (χ2v) is 7.78. The monoisotopic (exact) mass is 383 g/mol.